The van der Waals surface area contributed by atoms with Gasteiger partial charge in [-0.05, 0) is 37.8 Å². The lowest BCUT2D eigenvalue weighted by molar-refractivity contribution is -0.137. The van der Waals surface area contributed by atoms with Gasteiger partial charge in [-0.2, -0.15) is 13.2 Å². The van der Waals surface area contributed by atoms with Gasteiger partial charge in [-0.1, -0.05) is 20.8 Å². The summed E-state index contributed by atoms with van der Waals surface area (Å²) < 4.78 is 42.0. The molecule has 0 aliphatic heterocycles. The van der Waals surface area contributed by atoms with Gasteiger partial charge < -0.3 is 4.98 Å². The van der Waals surface area contributed by atoms with Crippen molar-refractivity contribution < 1.29 is 13.2 Å². The SMILES string of the molecule is CC(C)C.Cc1nc2cc(C(F)(F)F)c(/C=N/S)cc2c(=O)[nH]1. The van der Waals surface area contributed by atoms with Crippen LogP contribution in [-0.2, 0) is 6.18 Å². The standard InChI is InChI=1S/C11H8F3N3OS.C4H10/c1-5-16-9-3-8(11(12,13)14)6(4-15-19)2-7(9)10(18)17-5;1-4(2)3/h2-4,19H,1H3,(H,16,17,18);4H,1-3H3/b15-4+;. The van der Waals surface area contributed by atoms with E-state index in [1.54, 1.807) is 0 Å². The summed E-state index contributed by atoms with van der Waals surface area (Å²) in [7, 11) is 0. The summed E-state index contributed by atoms with van der Waals surface area (Å²) in [5, 5.41) is 0.0711. The molecule has 2 aromatic rings. The van der Waals surface area contributed by atoms with E-state index < -0.39 is 17.3 Å². The summed E-state index contributed by atoms with van der Waals surface area (Å²) in [5.41, 5.74) is -1.64. The first-order chi connectivity index (χ1) is 10.6. The van der Waals surface area contributed by atoms with Crippen LogP contribution in [0.5, 0.6) is 0 Å². The fraction of sp³-hybridized carbons (Fsp3) is 0.400. The van der Waals surface area contributed by atoms with Gasteiger partial charge in [-0.25, -0.2) is 9.38 Å². The van der Waals surface area contributed by atoms with E-state index in [1.807, 2.05) is 0 Å². The average molecular weight is 345 g/mol. The van der Waals surface area contributed by atoms with Gasteiger partial charge in [0.2, 0.25) is 0 Å². The molecule has 0 atom stereocenters. The maximum Gasteiger partial charge on any atom is 0.417 e. The number of nitrogens with zero attached hydrogens (tertiary/aromatic N) is 2. The Bertz CT molecular complexity index is 764. The summed E-state index contributed by atoms with van der Waals surface area (Å²) >= 11 is 3.51. The van der Waals surface area contributed by atoms with Crippen LogP contribution in [0, 0.1) is 12.8 Å². The first-order valence-electron chi connectivity index (χ1n) is 6.85. The summed E-state index contributed by atoms with van der Waals surface area (Å²) in [6.07, 6.45) is -3.62. The first kappa shape index (κ1) is 19.2. The zero-order valence-electron chi connectivity index (χ0n) is 13.2. The molecule has 0 spiro atoms. The first-order valence-corrected chi connectivity index (χ1v) is 7.25. The highest BCUT2D eigenvalue weighted by Crippen LogP contribution is 2.33. The number of halogens is 3. The molecule has 0 bridgehead atoms. The van der Waals surface area contributed by atoms with Crippen LogP contribution in [0.25, 0.3) is 10.9 Å². The Morgan fingerprint density at radius 2 is 1.87 bits per heavy atom. The monoisotopic (exact) mass is 345 g/mol. The van der Waals surface area contributed by atoms with E-state index in [4.69, 9.17) is 0 Å². The fourth-order valence-corrected chi connectivity index (χ4v) is 1.86. The third kappa shape index (κ3) is 5.38. The number of nitrogens with one attached hydrogen (secondary N) is 1. The quantitative estimate of drug-likeness (QED) is 0.602. The van der Waals surface area contributed by atoms with Gasteiger partial charge in [0.25, 0.3) is 5.56 Å². The maximum atomic E-state index is 12.9. The fourth-order valence-electron chi connectivity index (χ4n) is 1.73. The average Bonchev–Trinajstić information content (AvgIpc) is 2.37. The van der Waals surface area contributed by atoms with Crippen molar-refractivity contribution in [3.8, 4) is 0 Å². The molecule has 23 heavy (non-hydrogen) atoms. The van der Waals surface area contributed by atoms with Crippen molar-refractivity contribution in [2.24, 2.45) is 10.3 Å². The molecule has 8 heteroatoms. The molecule has 0 aliphatic carbocycles. The van der Waals surface area contributed by atoms with Gasteiger partial charge >= 0.3 is 6.18 Å². The van der Waals surface area contributed by atoms with Crippen molar-refractivity contribution in [2.75, 3.05) is 0 Å². The van der Waals surface area contributed by atoms with E-state index in [1.165, 1.54) is 6.92 Å². The van der Waals surface area contributed by atoms with Crippen LogP contribution < -0.4 is 5.56 Å². The number of aryl methyl sites for hydroxylation is 1. The molecule has 0 saturated carbocycles. The predicted octanol–water partition coefficient (Wildman–Crippen LogP) is 4.18. The Kier molecular flexibility index (Phi) is 6.37. The molecule has 1 N–H and O–H groups in total. The van der Waals surface area contributed by atoms with Gasteiger partial charge in [-0.15, -0.1) is 0 Å². The van der Waals surface area contributed by atoms with E-state index in [0.717, 1.165) is 24.3 Å². The van der Waals surface area contributed by atoms with Gasteiger partial charge in [0.15, 0.2) is 0 Å². The number of hydrogen-bond acceptors (Lipinski definition) is 4. The molecule has 2 rings (SSSR count). The molecule has 0 unspecified atom stereocenters. The van der Waals surface area contributed by atoms with E-state index in [0.29, 0.717) is 0 Å². The van der Waals surface area contributed by atoms with Crippen molar-refractivity contribution in [1.82, 2.24) is 9.97 Å². The number of fused-ring (bicyclic) bond motifs is 1. The Morgan fingerprint density at radius 3 is 2.35 bits per heavy atom. The van der Waals surface area contributed by atoms with E-state index in [9.17, 15) is 18.0 Å². The maximum absolute atomic E-state index is 12.9. The topological polar surface area (TPSA) is 58.1 Å². The lowest BCUT2D eigenvalue weighted by Crippen LogP contribution is -2.14. The van der Waals surface area contributed by atoms with Crippen molar-refractivity contribution in [2.45, 2.75) is 33.9 Å². The molecule has 4 nitrogen and oxygen atoms in total. The molecule has 1 aromatic heterocycles. The second kappa shape index (κ2) is 7.63. The second-order valence-electron chi connectivity index (χ2n) is 5.58. The highest BCUT2D eigenvalue weighted by molar-refractivity contribution is 7.79. The van der Waals surface area contributed by atoms with Gasteiger partial charge in [0.05, 0.1) is 16.5 Å². The molecule has 1 aromatic carbocycles. The molecule has 126 valence electrons. The summed E-state index contributed by atoms with van der Waals surface area (Å²) in [6, 6.07) is 1.94. The van der Waals surface area contributed by atoms with Crippen molar-refractivity contribution in [3.63, 3.8) is 0 Å². The molecular weight excluding hydrogens is 327 g/mol. The predicted molar refractivity (Wildman–Crippen MR) is 89.2 cm³/mol. The number of aromatic nitrogens is 2. The molecule has 0 fully saturated rings. The Hall–Kier alpha value is -1.83. The Labute approximate surface area is 137 Å². The molecule has 0 amide bonds. The second-order valence-corrected chi connectivity index (χ2v) is 5.81. The lowest BCUT2D eigenvalue weighted by Gasteiger charge is -2.11. The third-order valence-corrected chi connectivity index (χ3v) is 2.61. The van der Waals surface area contributed by atoms with Crippen molar-refractivity contribution in [1.29, 1.82) is 0 Å². The Morgan fingerprint density at radius 1 is 1.30 bits per heavy atom. The number of hydrogen-bond donors (Lipinski definition) is 2. The number of H-pyrrole nitrogens is 1. The summed E-state index contributed by atoms with van der Waals surface area (Å²) in [5.74, 6) is 1.08. The highest BCUT2D eigenvalue weighted by atomic mass is 32.1. The van der Waals surface area contributed by atoms with Gasteiger partial charge in [0.1, 0.15) is 5.82 Å². The van der Waals surface area contributed by atoms with E-state index in [2.05, 4.69) is 48.0 Å². The molecule has 0 saturated heterocycles. The molecular formula is C15H18F3N3OS. The summed E-state index contributed by atoms with van der Waals surface area (Å²) in [6.45, 7) is 8.00. The van der Waals surface area contributed by atoms with Crippen molar-refractivity contribution in [3.05, 3.63) is 39.4 Å². The summed E-state index contributed by atoms with van der Waals surface area (Å²) in [4.78, 5) is 18.0. The largest absolute Gasteiger partial charge is 0.417 e. The molecule has 0 aliphatic rings. The molecule has 0 radical (unpaired) electrons. The van der Waals surface area contributed by atoms with Crippen LogP contribution in [0.3, 0.4) is 0 Å². The van der Waals surface area contributed by atoms with E-state index >= 15 is 0 Å². The number of benzene rings is 1. The number of alkyl halides is 3. The highest BCUT2D eigenvalue weighted by Gasteiger charge is 2.33. The number of rotatable bonds is 1. The minimum Gasteiger partial charge on any atom is -0.310 e. The number of aromatic amines is 1. The normalized spacial score (nSPS) is 11.9. The Balaban J connectivity index is 0.000000593. The molecule has 1 heterocycles. The van der Waals surface area contributed by atoms with Crippen LogP contribution >= 0.6 is 12.8 Å². The van der Waals surface area contributed by atoms with Gasteiger partial charge in [0, 0.05) is 11.8 Å². The smallest absolute Gasteiger partial charge is 0.310 e. The van der Waals surface area contributed by atoms with E-state index in [-0.39, 0.29) is 22.3 Å². The zero-order chi connectivity index (χ0) is 17.8. The van der Waals surface area contributed by atoms with Crippen LogP contribution in [0.2, 0.25) is 0 Å². The zero-order valence-corrected chi connectivity index (χ0v) is 14.1. The third-order valence-electron chi connectivity index (χ3n) is 2.50. The van der Waals surface area contributed by atoms with Crippen LogP contribution in [0.15, 0.2) is 21.3 Å². The lowest BCUT2D eigenvalue weighted by atomic mass is 10.0. The van der Waals surface area contributed by atoms with Crippen molar-refractivity contribution >= 4 is 29.9 Å². The van der Waals surface area contributed by atoms with Crippen LogP contribution in [0.1, 0.15) is 37.7 Å². The minimum absolute atomic E-state index is 0.00936. The van der Waals surface area contributed by atoms with Crippen LogP contribution in [0.4, 0.5) is 13.2 Å². The van der Waals surface area contributed by atoms with Crippen LogP contribution in [-0.4, -0.2) is 16.2 Å². The number of thiol groups is 1. The van der Waals surface area contributed by atoms with Gasteiger partial charge in [-0.3, -0.25) is 4.79 Å². The minimum atomic E-state index is -4.56.